The summed E-state index contributed by atoms with van der Waals surface area (Å²) in [6.45, 7) is 7.93. The van der Waals surface area contributed by atoms with Gasteiger partial charge in [0.15, 0.2) is 0 Å². The lowest BCUT2D eigenvalue weighted by molar-refractivity contribution is -0.138. The Morgan fingerprint density at radius 2 is 1.24 bits per heavy atom. The highest BCUT2D eigenvalue weighted by Gasteiger charge is 2.39. The van der Waals surface area contributed by atoms with Gasteiger partial charge in [-0.05, 0) is 107 Å². The zero-order valence-electron chi connectivity index (χ0n) is 37.6. The minimum Gasteiger partial charge on any atom is -0.447 e. The summed E-state index contributed by atoms with van der Waals surface area (Å²) in [6, 6.07) is 33.0. The molecule has 15 heteroatoms. The molecule has 2 aliphatic rings. The molecule has 0 saturated carbocycles. The Morgan fingerprint density at radius 1 is 0.652 bits per heavy atom. The smallest absolute Gasteiger partial charge is 0.408 e. The average molecular weight is 893 g/mol. The largest absolute Gasteiger partial charge is 0.447 e. The van der Waals surface area contributed by atoms with Crippen molar-refractivity contribution in [3.05, 3.63) is 132 Å². The standard InChI is InChI=1S/C51H56N8O7/c1-31(2)65-50(63)54-45(35-14-7-5-8-15-35)48(61)58-26-12-11-18-43(58)42-30-41(56-57-42)34-22-20-33(21-23-34)40-29-37-28-38(24-25-39(37)53-40)52-47(60)44-19-13-27-59(44)49(62)46(36-16-9-6-10-17-36)55-51(64)66-32(3)4/h5-10,14-17,20-25,28-32,43-46,53H,11-13,18-19,26-27H2,1-4H3,(H,52,60)(H,54,63)(H,55,64)(H,56,57)/t43-,44-,45+,46+/m0/s1. The van der Waals surface area contributed by atoms with Gasteiger partial charge in [-0.1, -0.05) is 84.9 Å². The van der Waals surface area contributed by atoms with Crippen LogP contribution in [-0.2, 0) is 23.9 Å². The van der Waals surface area contributed by atoms with E-state index < -0.39 is 30.3 Å². The zero-order chi connectivity index (χ0) is 46.3. The second-order valence-electron chi connectivity index (χ2n) is 17.4. The highest BCUT2D eigenvalue weighted by molar-refractivity contribution is 6.00. The van der Waals surface area contributed by atoms with Gasteiger partial charge in [-0.3, -0.25) is 19.5 Å². The molecule has 4 aromatic carbocycles. The van der Waals surface area contributed by atoms with E-state index in [1.165, 1.54) is 0 Å². The number of piperidine rings is 1. The fourth-order valence-electron chi connectivity index (χ4n) is 8.82. The molecular weight excluding hydrogens is 837 g/mol. The molecule has 15 nitrogen and oxygen atoms in total. The van der Waals surface area contributed by atoms with E-state index >= 15 is 0 Å². The number of anilines is 1. The Labute approximate surface area is 383 Å². The van der Waals surface area contributed by atoms with Crippen LogP contribution in [0.2, 0.25) is 0 Å². The number of H-pyrrole nitrogens is 2. The number of fused-ring (bicyclic) bond motifs is 1. The molecule has 0 bridgehead atoms. The molecule has 66 heavy (non-hydrogen) atoms. The van der Waals surface area contributed by atoms with Crippen LogP contribution in [0, 0.1) is 0 Å². The molecule has 4 atom stereocenters. The van der Waals surface area contributed by atoms with Crippen LogP contribution in [0.5, 0.6) is 0 Å². The van der Waals surface area contributed by atoms with E-state index in [4.69, 9.17) is 9.47 Å². The van der Waals surface area contributed by atoms with Crippen molar-refractivity contribution in [3.63, 3.8) is 0 Å². The number of carbonyl (C=O) groups is 5. The number of benzene rings is 4. The zero-order valence-corrected chi connectivity index (χ0v) is 37.6. The predicted molar refractivity (Wildman–Crippen MR) is 251 cm³/mol. The molecular formula is C51H56N8O7. The molecule has 0 radical (unpaired) electrons. The maximum Gasteiger partial charge on any atom is 0.408 e. The summed E-state index contributed by atoms with van der Waals surface area (Å²) in [6.07, 6.45) is 1.63. The van der Waals surface area contributed by atoms with Crippen LogP contribution >= 0.6 is 0 Å². The molecule has 8 rings (SSSR count). The van der Waals surface area contributed by atoms with E-state index in [1.54, 1.807) is 56.9 Å². The van der Waals surface area contributed by atoms with Crippen LogP contribution in [0.3, 0.4) is 0 Å². The van der Waals surface area contributed by atoms with E-state index in [1.807, 2.05) is 95.9 Å². The first kappa shape index (κ1) is 45.2. The normalized spacial score (nSPS) is 17.1. The van der Waals surface area contributed by atoms with E-state index in [0.29, 0.717) is 42.7 Å². The molecule has 2 aliphatic heterocycles. The van der Waals surface area contributed by atoms with Gasteiger partial charge in [0.25, 0.3) is 5.91 Å². The fraction of sp³-hybridized carbons (Fsp3) is 0.333. The lowest BCUT2D eigenvalue weighted by atomic mass is 9.96. The summed E-state index contributed by atoms with van der Waals surface area (Å²) < 4.78 is 10.6. The van der Waals surface area contributed by atoms with E-state index in [-0.39, 0.29) is 36.0 Å². The molecule has 0 unspecified atom stereocenters. The van der Waals surface area contributed by atoms with E-state index in [9.17, 15) is 24.0 Å². The number of hydrogen-bond donors (Lipinski definition) is 5. The predicted octanol–water partition coefficient (Wildman–Crippen LogP) is 8.96. The summed E-state index contributed by atoms with van der Waals surface area (Å²) in [5.74, 6) is -0.883. The number of nitrogens with one attached hydrogen (secondary N) is 5. The highest BCUT2D eigenvalue weighted by atomic mass is 16.6. The maximum absolute atomic E-state index is 14.3. The van der Waals surface area contributed by atoms with Crippen molar-refractivity contribution in [2.75, 3.05) is 18.4 Å². The molecule has 342 valence electrons. The van der Waals surface area contributed by atoms with E-state index in [0.717, 1.165) is 58.4 Å². The molecule has 5 amide bonds. The molecule has 4 heterocycles. The Hall–Kier alpha value is -7.42. The van der Waals surface area contributed by atoms with Crippen LogP contribution in [0.4, 0.5) is 15.3 Å². The van der Waals surface area contributed by atoms with E-state index in [2.05, 4.69) is 31.1 Å². The monoisotopic (exact) mass is 892 g/mol. The number of nitrogens with zero attached hydrogens (tertiary/aromatic N) is 3. The molecule has 2 aromatic heterocycles. The maximum atomic E-state index is 14.3. The molecule has 0 spiro atoms. The van der Waals surface area contributed by atoms with Crippen LogP contribution in [0.25, 0.3) is 33.4 Å². The summed E-state index contributed by atoms with van der Waals surface area (Å²) in [7, 11) is 0. The van der Waals surface area contributed by atoms with Crippen LogP contribution in [0.15, 0.2) is 115 Å². The summed E-state index contributed by atoms with van der Waals surface area (Å²) in [4.78, 5) is 74.3. The lowest BCUT2D eigenvalue weighted by Crippen LogP contribution is -2.48. The molecule has 0 aliphatic carbocycles. The van der Waals surface area contributed by atoms with Crippen LogP contribution in [0.1, 0.15) is 94.7 Å². The van der Waals surface area contributed by atoms with Crippen LogP contribution < -0.4 is 16.0 Å². The number of rotatable bonds is 13. The van der Waals surface area contributed by atoms with Crippen molar-refractivity contribution in [3.8, 4) is 22.5 Å². The van der Waals surface area contributed by atoms with Crippen molar-refractivity contribution < 1.29 is 33.4 Å². The minimum absolute atomic E-state index is 0.207. The third-order valence-corrected chi connectivity index (χ3v) is 11.9. The highest BCUT2D eigenvalue weighted by Crippen LogP contribution is 2.35. The van der Waals surface area contributed by atoms with Gasteiger partial charge >= 0.3 is 12.2 Å². The van der Waals surface area contributed by atoms with Crippen molar-refractivity contribution in [2.45, 2.75) is 96.2 Å². The van der Waals surface area contributed by atoms with Gasteiger partial charge in [-0.25, -0.2) is 9.59 Å². The number of alkyl carbamates (subject to hydrolysis) is 2. The average Bonchev–Trinajstić information content (AvgIpc) is 4.11. The number of ether oxygens (including phenoxy) is 2. The topological polar surface area (TPSA) is 191 Å². The Morgan fingerprint density at radius 3 is 1.86 bits per heavy atom. The van der Waals surface area contributed by atoms with Gasteiger partial charge in [-0.2, -0.15) is 5.10 Å². The Bertz CT molecular complexity index is 2660. The number of aromatic nitrogens is 3. The van der Waals surface area contributed by atoms with Gasteiger partial charge in [0.05, 0.1) is 29.6 Å². The second-order valence-corrected chi connectivity index (χ2v) is 17.4. The van der Waals surface area contributed by atoms with Crippen molar-refractivity contribution >= 4 is 46.5 Å². The first-order valence-corrected chi connectivity index (χ1v) is 22.7. The van der Waals surface area contributed by atoms with Gasteiger partial charge < -0.3 is 40.2 Å². The van der Waals surface area contributed by atoms with Gasteiger partial charge in [0.1, 0.15) is 18.1 Å². The van der Waals surface area contributed by atoms with Gasteiger partial charge in [-0.15, -0.1) is 0 Å². The molecule has 2 fully saturated rings. The quantitative estimate of drug-likeness (QED) is 0.0759. The number of carbonyl (C=O) groups excluding carboxylic acids is 5. The second kappa shape index (κ2) is 20.2. The van der Waals surface area contributed by atoms with Gasteiger partial charge in [0.2, 0.25) is 11.8 Å². The van der Waals surface area contributed by atoms with Crippen molar-refractivity contribution in [1.82, 2.24) is 35.6 Å². The minimum atomic E-state index is -1.01. The first-order valence-electron chi connectivity index (χ1n) is 22.7. The number of aromatic amines is 2. The van der Waals surface area contributed by atoms with Crippen LogP contribution in [-0.4, -0.2) is 86.2 Å². The Balaban J connectivity index is 0.934. The number of amides is 5. The number of likely N-dealkylation sites (tertiary alicyclic amines) is 2. The molecule has 2 saturated heterocycles. The molecule has 6 aromatic rings. The summed E-state index contributed by atoms with van der Waals surface area (Å²) >= 11 is 0. The fourth-order valence-corrected chi connectivity index (χ4v) is 8.82. The number of hydrogen-bond acceptors (Lipinski definition) is 8. The van der Waals surface area contributed by atoms with Crippen molar-refractivity contribution in [2.24, 2.45) is 0 Å². The lowest BCUT2D eigenvalue weighted by Gasteiger charge is -2.37. The Kier molecular flexibility index (Phi) is 13.8. The third-order valence-electron chi connectivity index (χ3n) is 11.9. The van der Waals surface area contributed by atoms with Gasteiger partial charge in [0, 0.05) is 40.9 Å². The summed E-state index contributed by atoms with van der Waals surface area (Å²) in [5.41, 5.74) is 7.07. The first-order chi connectivity index (χ1) is 31.9. The third kappa shape index (κ3) is 10.4. The van der Waals surface area contributed by atoms with Crippen molar-refractivity contribution in [1.29, 1.82) is 0 Å². The SMILES string of the molecule is CC(C)OC(=O)N[C@@H](C(=O)N1CCC[C@H]1C(=O)Nc1ccc2[nH]c(-c3ccc(-c4cc([C@@H]5CCCCN5C(=O)[C@H](NC(=O)OC(C)C)c5ccccc5)[nH]n4)cc3)cc2c1)c1ccccc1. The summed E-state index contributed by atoms with van der Waals surface area (Å²) in [5, 5.41) is 17.3. The molecule has 5 N–H and O–H groups in total.